The minimum absolute atomic E-state index is 0.0790. The number of carbonyl (C=O) groups excluding carboxylic acids is 2. The number of aryl methyl sites for hydroxylation is 1. The Kier molecular flexibility index (Phi) is 6.17. The van der Waals surface area contributed by atoms with Crippen molar-refractivity contribution in [2.45, 2.75) is 19.4 Å². The third-order valence-corrected chi connectivity index (χ3v) is 4.98. The summed E-state index contributed by atoms with van der Waals surface area (Å²) in [6, 6.07) is 13.5. The van der Waals surface area contributed by atoms with Crippen LogP contribution in [0.1, 0.15) is 29.2 Å². The lowest BCUT2D eigenvalue weighted by Crippen LogP contribution is -2.31. The number of benzene rings is 2. The van der Waals surface area contributed by atoms with E-state index >= 15 is 0 Å². The van der Waals surface area contributed by atoms with Gasteiger partial charge in [0.1, 0.15) is 5.76 Å². The fourth-order valence-corrected chi connectivity index (χ4v) is 3.66. The van der Waals surface area contributed by atoms with Crippen molar-refractivity contribution in [3.63, 3.8) is 0 Å². The molecular formula is C22H22ClNO4. The van der Waals surface area contributed by atoms with Gasteiger partial charge in [-0.1, -0.05) is 53.6 Å². The lowest BCUT2D eigenvalue weighted by atomic mass is 9.94. The third kappa shape index (κ3) is 3.96. The fourth-order valence-electron chi connectivity index (χ4n) is 3.47. The number of nitrogens with zero attached hydrogens (tertiary/aromatic N) is 1. The first-order valence-corrected chi connectivity index (χ1v) is 9.41. The highest BCUT2D eigenvalue weighted by molar-refractivity contribution is 6.46. The lowest BCUT2D eigenvalue weighted by Gasteiger charge is -2.25. The Morgan fingerprint density at radius 3 is 2.61 bits per heavy atom. The fraction of sp³-hybridized carbons (Fsp3) is 0.273. The topological polar surface area (TPSA) is 66.8 Å². The molecule has 1 saturated heterocycles. The highest BCUT2D eigenvalue weighted by Gasteiger charge is 2.45. The number of Topliss-reactive ketones (excluding diaryl/α,β-unsaturated/α-hetero) is 1. The average molecular weight is 400 g/mol. The van der Waals surface area contributed by atoms with Crippen molar-refractivity contribution in [3.05, 3.63) is 75.8 Å². The van der Waals surface area contributed by atoms with Gasteiger partial charge in [0.05, 0.1) is 11.6 Å². The number of ether oxygens (including phenoxy) is 1. The first-order valence-electron chi connectivity index (χ1n) is 9.04. The molecule has 2 aromatic carbocycles. The van der Waals surface area contributed by atoms with E-state index in [1.807, 2.05) is 31.2 Å². The first kappa shape index (κ1) is 20.1. The number of amides is 1. The summed E-state index contributed by atoms with van der Waals surface area (Å²) >= 11 is 6.04. The van der Waals surface area contributed by atoms with Gasteiger partial charge in [0, 0.05) is 30.8 Å². The maximum atomic E-state index is 12.8. The van der Waals surface area contributed by atoms with E-state index in [-0.39, 0.29) is 11.3 Å². The van der Waals surface area contributed by atoms with Crippen LogP contribution in [-0.2, 0) is 14.3 Å². The zero-order valence-corrected chi connectivity index (χ0v) is 16.6. The molecular weight excluding hydrogens is 378 g/mol. The highest BCUT2D eigenvalue weighted by atomic mass is 35.5. The first-order chi connectivity index (χ1) is 13.4. The summed E-state index contributed by atoms with van der Waals surface area (Å²) in [7, 11) is 1.59. The summed E-state index contributed by atoms with van der Waals surface area (Å²) in [4.78, 5) is 27.1. The molecule has 1 aliphatic heterocycles. The van der Waals surface area contributed by atoms with Crippen LogP contribution in [0.4, 0.5) is 0 Å². The molecule has 6 heteroatoms. The van der Waals surface area contributed by atoms with Gasteiger partial charge in [-0.25, -0.2) is 0 Å². The van der Waals surface area contributed by atoms with Gasteiger partial charge in [-0.15, -0.1) is 0 Å². The van der Waals surface area contributed by atoms with Crippen LogP contribution in [-0.4, -0.2) is 42.0 Å². The monoisotopic (exact) mass is 399 g/mol. The molecule has 0 aliphatic carbocycles. The summed E-state index contributed by atoms with van der Waals surface area (Å²) in [5.74, 6) is -1.53. The standard InChI is InChI=1S/C22H22ClNO4/c1-14-6-3-7-15(12-14)19-18(20(25)16-8-4-9-17(23)13-16)21(26)22(27)24(19)10-5-11-28-2/h3-4,6-9,12-13,19,25H,5,10-11H2,1-2H3/b20-18-. The molecule has 1 unspecified atom stereocenters. The minimum atomic E-state index is -0.693. The molecule has 28 heavy (non-hydrogen) atoms. The summed E-state index contributed by atoms with van der Waals surface area (Å²) < 4.78 is 5.08. The van der Waals surface area contributed by atoms with Crippen molar-refractivity contribution in [3.8, 4) is 0 Å². The number of rotatable bonds is 6. The number of ketones is 1. The van der Waals surface area contributed by atoms with Crippen LogP contribution in [0.5, 0.6) is 0 Å². The van der Waals surface area contributed by atoms with Crippen LogP contribution in [0.3, 0.4) is 0 Å². The molecule has 0 aromatic heterocycles. The van der Waals surface area contributed by atoms with Crippen LogP contribution < -0.4 is 0 Å². The summed E-state index contributed by atoms with van der Waals surface area (Å²) in [5, 5.41) is 11.4. The van der Waals surface area contributed by atoms with Crippen LogP contribution in [0, 0.1) is 6.92 Å². The van der Waals surface area contributed by atoms with Crippen molar-refractivity contribution in [2.75, 3.05) is 20.3 Å². The second kappa shape index (κ2) is 8.59. The molecule has 0 bridgehead atoms. The Bertz CT molecular complexity index is 938. The van der Waals surface area contributed by atoms with Gasteiger partial charge in [-0.3, -0.25) is 9.59 Å². The third-order valence-electron chi connectivity index (χ3n) is 4.74. The SMILES string of the molecule is COCCCN1C(=O)C(=O)/C(=C(\O)c2cccc(Cl)c2)C1c1cccc(C)c1. The maximum absolute atomic E-state index is 12.8. The van der Waals surface area contributed by atoms with Gasteiger partial charge >= 0.3 is 0 Å². The van der Waals surface area contributed by atoms with Crippen LogP contribution in [0.25, 0.3) is 5.76 Å². The van der Waals surface area contributed by atoms with E-state index in [9.17, 15) is 14.7 Å². The van der Waals surface area contributed by atoms with Crippen molar-refractivity contribution < 1.29 is 19.4 Å². The van der Waals surface area contributed by atoms with Gasteiger partial charge in [-0.2, -0.15) is 0 Å². The molecule has 5 nitrogen and oxygen atoms in total. The predicted octanol–water partition coefficient (Wildman–Crippen LogP) is 4.11. The molecule has 0 spiro atoms. The Morgan fingerprint density at radius 2 is 1.93 bits per heavy atom. The van der Waals surface area contributed by atoms with Gasteiger partial charge in [-0.05, 0) is 31.0 Å². The van der Waals surface area contributed by atoms with E-state index < -0.39 is 17.7 Å². The maximum Gasteiger partial charge on any atom is 0.295 e. The molecule has 2 aromatic rings. The van der Waals surface area contributed by atoms with Crippen molar-refractivity contribution in [2.24, 2.45) is 0 Å². The molecule has 1 N–H and O–H groups in total. The van der Waals surface area contributed by atoms with E-state index in [0.29, 0.717) is 30.2 Å². The summed E-state index contributed by atoms with van der Waals surface area (Å²) in [6.45, 7) is 2.76. The number of methoxy groups -OCH3 is 1. The molecule has 0 radical (unpaired) electrons. The second-order valence-electron chi connectivity index (χ2n) is 6.76. The number of hydrogen-bond acceptors (Lipinski definition) is 4. The molecule has 3 rings (SSSR count). The summed E-state index contributed by atoms with van der Waals surface area (Å²) in [5.41, 5.74) is 2.26. The Morgan fingerprint density at radius 1 is 1.18 bits per heavy atom. The van der Waals surface area contributed by atoms with E-state index in [1.165, 1.54) is 4.90 Å². The van der Waals surface area contributed by atoms with Gasteiger partial charge in [0.15, 0.2) is 0 Å². The Labute approximate surface area is 169 Å². The zero-order chi connectivity index (χ0) is 20.3. The quantitative estimate of drug-likeness (QED) is 0.343. The predicted molar refractivity (Wildman–Crippen MR) is 108 cm³/mol. The molecule has 0 saturated carbocycles. The number of aliphatic hydroxyl groups is 1. The molecule has 146 valence electrons. The highest BCUT2D eigenvalue weighted by Crippen LogP contribution is 2.39. The van der Waals surface area contributed by atoms with E-state index in [0.717, 1.165) is 11.1 Å². The van der Waals surface area contributed by atoms with Crippen molar-refractivity contribution in [1.29, 1.82) is 0 Å². The van der Waals surface area contributed by atoms with Crippen molar-refractivity contribution >= 4 is 29.1 Å². The molecule has 1 fully saturated rings. The number of carbonyl (C=O) groups is 2. The lowest BCUT2D eigenvalue weighted by molar-refractivity contribution is -0.140. The van der Waals surface area contributed by atoms with Gasteiger partial charge in [0.2, 0.25) is 0 Å². The Balaban J connectivity index is 2.13. The molecule has 1 aliphatic rings. The number of likely N-dealkylation sites (tertiary alicyclic amines) is 1. The van der Waals surface area contributed by atoms with E-state index in [2.05, 4.69) is 0 Å². The van der Waals surface area contributed by atoms with Gasteiger partial charge in [0.25, 0.3) is 11.7 Å². The van der Waals surface area contributed by atoms with Crippen LogP contribution in [0.2, 0.25) is 5.02 Å². The van der Waals surface area contributed by atoms with E-state index in [4.69, 9.17) is 16.3 Å². The normalized spacial score (nSPS) is 18.7. The number of hydrogen-bond donors (Lipinski definition) is 1. The largest absolute Gasteiger partial charge is 0.507 e. The second-order valence-corrected chi connectivity index (χ2v) is 7.20. The Hall–Kier alpha value is -2.63. The summed E-state index contributed by atoms with van der Waals surface area (Å²) in [6.07, 6.45) is 0.586. The smallest absolute Gasteiger partial charge is 0.295 e. The van der Waals surface area contributed by atoms with E-state index in [1.54, 1.807) is 31.4 Å². The minimum Gasteiger partial charge on any atom is -0.507 e. The van der Waals surface area contributed by atoms with Gasteiger partial charge < -0.3 is 14.7 Å². The zero-order valence-electron chi connectivity index (χ0n) is 15.8. The number of halogens is 1. The molecule has 1 amide bonds. The molecule has 1 heterocycles. The molecule has 1 atom stereocenters. The average Bonchev–Trinajstić information content (AvgIpc) is 2.92. The van der Waals surface area contributed by atoms with Crippen molar-refractivity contribution in [1.82, 2.24) is 4.90 Å². The number of aliphatic hydroxyl groups excluding tert-OH is 1. The van der Waals surface area contributed by atoms with Crippen LogP contribution >= 0.6 is 11.6 Å². The van der Waals surface area contributed by atoms with Crippen LogP contribution in [0.15, 0.2) is 54.1 Å².